The van der Waals surface area contributed by atoms with Crippen LogP contribution in [-0.4, -0.2) is 24.9 Å². The van der Waals surface area contributed by atoms with Gasteiger partial charge in [-0.25, -0.2) is 4.79 Å². The number of halogens is 1. The van der Waals surface area contributed by atoms with Crippen molar-refractivity contribution in [3.63, 3.8) is 0 Å². The van der Waals surface area contributed by atoms with Crippen LogP contribution < -0.4 is 11.1 Å². The first-order chi connectivity index (χ1) is 13.1. The van der Waals surface area contributed by atoms with Gasteiger partial charge in [0.1, 0.15) is 6.61 Å². The molecule has 6 heteroatoms. The van der Waals surface area contributed by atoms with Crippen molar-refractivity contribution in [3.05, 3.63) is 64.7 Å². The van der Waals surface area contributed by atoms with Crippen LogP contribution in [0.1, 0.15) is 44.2 Å². The van der Waals surface area contributed by atoms with E-state index in [4.69, 9.17) is 22.1 Å². The van der Waals surface area contributed by atoms with Crippen LogP contribution >= 0.6 is 11.6 Å². The van der Waals surface area contributed by atoms with Gasteiger partial charge in [-0.05, 0) is 47.2 Å². The number of carbonyl (C=O) groups is 1. The molecule has 0 bridgehead atoms. The molecule has 1 unspecified atom stereocenters. The zero-order valence-electron chi connectivity index (χ0n) is 16.8. The SMILES string of the molecule is CNc1ccc(C(COC(N)=O)C[C@](O)(c2cccc(Cl)c2)C(C)(C)C)cc1. The number of nitrogens with two attached hydrogens (primary N) is 1. The van der Waals surface area contributed by atoms with Crippen LogP contribution in [0.4, 0.5) is 10.5 Å². The minimum atomic E-state index is -1.20. The highest BCUT2D eigenvalue weighted by Gasteiger charge is 2.43. The van der Waals surface area contributed by atoms with Crippen LogP contribution in [0.5, 0.6) is 0 Å². The molecule has 0 aliphatic heterocycles. The molecule has 28 heavy (non-hydrogen) atoms. The van der Waals surface area contributed by atoms with Crippen LogP contribution in [0.25, 0.3) is 0 Å². The number of nitrogens with one attached hydrogen (secondary N) is 1. The Morgan fingerprint density at radius 3 is 2.36 bits per heavy atom. The molecule has 0 heterocycles. The quantitative estimate of drug-likeness (QED) is 0.613. The molecule has 2 aromatic carbocycles. The van der Waals surface area contributed by atoms with Crippen molar-refractivity contribution in [1.29, 1.82) is 0 Å². The molecule has 0 saturated carbocycles. The number of ether oxygens (including phenoxy) is 1. The number of rotatable bonds is 7. The molecule has 4 N–H and O–H groups in total. The van der Waals surface area contributed by atoms with Gasteiger partial charge >= 0.3 is 6.09 Å². The monoisotopic (exact) mass is 404 g/mol. The Bertz CT molecular complexity index is 802. The molecule has 2 atom stereocenters. The maximum atomic E-state index is 11.8. The fourth-order valence-electron chi connectivity index (χ4n) is 3.34. The van der Waals surface area contributed by atoms with E-state index in [0.29, 0.717) is 11.4 Å². The number of benzene rings is 2. The second-order valence-corrected chi connectivity index (χ2v) is 8.46. The largest absolute Gasteiger partial charge is 0.449 e. The van der Waals surface area contributed by atoms with Gasteiger partial charge in [0, 0.05) is 23.7 Å². The fourth-order valence-corrected chi connectivity index (χ4v) is 3.53. The lowest BCUT2D eigenvalue weighted by molar-refractivity contribution is -0.0794. The Morgan fingerprint density at radius 1 is 1.21 bits per heavy atom. The lowest BCUT2D eigenvalue weighted by atomic mass is 9.67. The summed E-state index contributed by atoms with van der Waals surface area (Å²) >= 11 is 6.19. The zero-order chi connectivity index (χ0) is 20.9. The van der Waals surface area contributed by atoms with Crippen LogP contribution in [0.15, 0.2) is 48.5 Å². The third-order valence-corrected chi connectivity index (χ3v) is 5.42. The standard InChI is InChI=1S/C22H29ClN2O3/c1-21(2,3)22(27,17-6-5-7-18(23)12-17)13-16(14-28-20(24)26)15-8-10-19(25-4)11-9-15/h5-12,16,25,27H,13-14H2,1-4H3,(H2,24,26)/t16?,22-/m0/s1. The van der Waals surface area contributed by atoms with E-state index in [2.05, 4.69) is 5.32 Å². The normalized spacial score (nSPS) is 14.8. The molecule has 0 fully saturated rings. The highest BCUT2D eigenvalue weighted by atomic mass is 35.5. The molecule has 0 aliphatic rings. The number of anilines is 1. The minimum absolute atomic E-state index is 0.0766. The van der Waals surface area contributed by atoms with Crippen molar-refractivity contribution >= 4 is 23.4 Å². The predicted molar refractivity (Wildman–Crippen MR) is 114 cm³/mol. The van der Waals surface area contributed by atoms with Crippen molar-refractivity contribution in [1.82, 2.24) is 0 Å². The van der Waals surface area contributed by atoms with E-state index in [-0.39, 0.29) is 12.5 Å². The Morgan fingerprint density at radius 2 is 1.86 bits per heavy atom. The lowest BCUT2D eigenvalue weighted by Gasteiger charge is -2.43. The topological polar surface area (TPSA) is 84.6 Å². The second-order valence-electron chi connectivity index (χ2n) is 8.02. The average molecular weight is 405 g/mol. The summed E-state index contributed by atoms with van der Waals surface area (Å²) in [5.41, 5.74) is 6.14. The zero-order valence-corrected chi connectivity index (χ0v) is 17.6. The molecule has 5 nitrogen and oxygen atoms in total. The number of hydrogen-bond donors (Lipinski definition) is 3. The van der Waals surface area contributed by atoms with Crippen molar-refractivity contribution in [2.45, 2.75) is 38.7 Å². The van der Waals surface area contributed by atoms with Crippen LogP contribution in [-0.2, 0) is 10.3 Å². The number of carbonyl (C=O) groups excluding carboxylic acids is 1. The molecular weight excluding hydrogens is 376 g/mol. The van der Waals surface area contributed by atoms with Gasteiger partial charge in [-0.1, -0.05) is 56.6 Å². The lowest BCUT2D eigenvalue weighted by Crippen LogP contribution is -2.42. The van der Waals surface area contributed by atoms with Crippen molar-refractivity contribution in [2.75, 3.05) is 19.0 Å². The van der Waals surface area contributed by atoms with Gasteiger partial charge in [0.05, 0.1) is 5.60 Å². The minimum Gasteiger partial charge on any atom is -0.449 e. The van der Waals surface area contributed by atoms with Crippen molar-refractivity contribution < 1.29 is 14.6 Å². The Labute approximate surface area is 171 Å². The van der Waals surface area contributed by atoms with Crippen LogP contribution in [0.2, 0.25) is 5.02 Å². The van der Waals surface area contributed by atoms with Gasteiger partial charge in [0.25, 0.3) is 0 Å². The first-order valence-corrected chi connectivity index (χ1v) is 9.63. The average Bonchev–Trinajstić information content (AvgIpc) is 2.64. The maximum absolute atomic E-state index is 11.8. The Hall–Kier alpha value is -2.24. The van der Waals surface area contributed by atoms with E-state index in [0.717, 1.165) is 16.8 Å². The third kappa shape index (κ3) is 5.18. The number of amides is 1. The van der Waals surface area contributed by atoms with Gasteiger partial charge in [-0.15, -0.1) is 0 Å². The maximum Gasteiger partial charge on any atom is 0.404 e. The van der Waals surface area contributed by atoms with E-state index < -0.39 is 17.1 Å². The summed E-state index contributed by atoms with van der Waals surface area (Å²) in [5, 5.41) is 15.4. The summed E-state index contributed by atoms with van der Waals surface area (Å²) in [6.45, 7) is 6.01. The highest BCUT2D eigenvalue weighted by molar-refractivity contribution is 6.30. The first kappa shape index (κ1) is 22.1. The highest BCUT2D eigenvalue weighted by Crippen LogP contribution is 2.46. The fraction of sp³-hybridized carbons (Fsp3) is 0.409. The van der Waals surface area contributed by atoms with Gasteiger partial charge in [0.15, 0.2) is 0 Å². The van der Waals surface area contributed by atoms with Gasteiger partial charge in [0.2, 0.25) is 0 Å². The Balaban J connectivity index is 2.45. The molecular formula is C22H29ClN2O3. The van der Waals surface area contributed by atoms with Crippen LogP contribution in [0, 0.1) is 5.41 Å². The smallest absolute Gasteiger partial charge is 0.404 e. The summed E-state index contributed by atoms with van der Waals surface area (Å²) in [6, 6.07) is 15.1. The van der Waals surface area contributed by atoms with Crippen molar-refractivity contribution in [3.8, 4) is 0 Å². The summed E-state index contributed by atoms with van der Waals surface area (Å²) in [7, 11) is 1.85. The second kappa shape index (κ2) is 8.84. The third-order valence-electron chi connectivity index (χ3n) is 5.18. The number of primary amides is 1. The number of aliphatic hydroxyl groups is 1. The molecule has 0 radical (unpaired) electrons. The summed E-state index contributed by atoms with van der Waals surface area (Å²) in [4.78, 5) is 11.2. The van der Waals surface area contributed by atoms with Gasteiger partial charge < -0.3 is 20.9 Å². The van der Waals surface area contributed by atoms with Gasteiger partial charge in [-0.3, -0.25) is 0 Å². The van der Waals surface area contributed by atoms with Crippen LogP contribution in [0.3, 0.4) is 0 Å². The van der Waals surface area contributed by atoms with E-state index in [1.807, 2.05) is 64.2 Å². The van der Waals surface area contributed by atoms with E-state index in [9.17, 15) is 9.90 Å². The predicted octanol–water partition coefficient (Wildman–Crippen LogP) is 4.88. The summed E-state index contributed by atoms with van der Waals surface area (Å²) < 4.78 is 5.12. The van der Waals surface area contributed by atoms with E-state index in [1.165, 1.54) is 0 Å². The molecule has 2 rings (SSSR count). The Kier molecular flexibility index (Phi) is 6.96. The van der Waals surface area contributed by atoms with E-state index >= 15 is 0 Å². The molecule has 0 saturated heterocycles. The summed E-state index contributed by atoms with van der Waals surface area (Å²) in [6.07, 6.45) is -0.498. The molecule has 152 valence electrons. The molecule has 2 aromatic rings. The van der Waals surface area contributed by atoms with E-state index in [1.54, 1.807) is 12.1 Å². The first-order valence-electron chi connectivity index (χ1n) is 9.25. The van der Waals surface area contributed by atoms with Gasteiger partial charge in [-0.2, -0.15) is 0 Å². The molecule has 1 amide bonds. The molecule has 0 spiro atoms. The summed E-state index contributed by atoms with van der Waals surface area (Å²) in [5.74, 6) is -0.249. The molecule has 0 aromatic heterocycles. The van der Waals surface area contributed by atoms with Crippen molar-refractivity contribution in [2.24, 2.45) is 11.1 Å². The molecule has 0 aliphatic carbocycles. The number of hydrogen-bond acceptors (Lipinski definition) is 4.